The van der Waals surface area contributed by atoms with Crippen molar-refractivity contribution in [3.05, 3.63) is 35.9 Å². The van der Waals surface area contributed by atoms with Crippen LogP contribution in [0.4, 0.5) is 0 Å². The van der Waals surface area contributed by atoms with Crippen molar-refractivity contribution in [3.63, 3.8) is 0 Å². The van der Waals surface area contributed by atoms with E-state index in [1.165, 1.54) is 0 Å². The molecule has 0 fully saturated rings. The summed E-state index contributed by atoms with van der Waals surface area (Å²) in [5.74, 6) is -0.00287. The van der Waals surface area contributed by atoms with E-state index in [9.17, 15) is 4.79 Å². The Morgan fingerprint density at radius 3 is 2.57 bits per heavy atom. The first-order valence-electron chi connectivity index (χ1n) is 4.69. The number of rotatable bonds is 4. The minimum absolute atomic E-state index is 0.00287. The van der Waals surface area contributed by atoms with Crippen molar-refractivity contribution in [3.8, 4) is 0 Å². The van der Waals surface area contributed by atoms with Crippen molar-refractivity contribution in [2.45, 2.75) is 19.4 Å². The van der Waals surface area contributed by atoms with Crippen molar-refractivity contribution in [1.82, 2.24) is 5.32 Å². The van der Waals surface area contributed by atoms with Gasteiger partial charge in [-0.1, -0.05) is 41.1 Å². The second-order valence-electron chi connectivity index (χ2n) is 3.10. The van der Waals surface area contributed by atoms with Crippen molar-refractivity contribution in [2.24, 2.45) is 0 Å². The van der Waals surface area contributed by atoms with Crippen LogP contribution in [-0.2, 0) is 0 Å². The Bertz CT molecular complexity index is 283. The van der Waals surface area contributed by atoms with Gasteiger partial charge in [-0.05, 0) is 18.6 Å². The number of nitrogens with one attached hydrogen (secondary N) is 1. The van der Waals surface area contributed by atoms with E-state index in [1.807, 2.05) is 30.3 Å². The zero-order valence-corrected chi connectivity index (χ0v) is 9.75. The second-order valence-corrected chi connectivity index (χ2v) is 3.75. The van der Waals surface area contributed by atoms with Gasteiger partial charge in [-0.15, -0.1) is 0 Å². The van der Waals surface area contributed by atoms with Gasteiger partial charge in [0.25, 0.3) is 5.91 Å². The lowest BCUT2D eigenvalue weighted by Crippen LogP contribution is -2.35. The van der Waals surface area contributed by atoms with E-state index < -0.39 is 0 Å². The third-order valence-electron chi connectivity index (χ3n) is 2.05. The molecule has 14 heavy (non-hydrogen) atoms. The van der Waals surface area contributed by atoms with Gasteiger partial charge >= 0.3 is 0 Å². The normalized spacial score (nSPS) is 12.1. The molecule has 76 valence electrons. The molecule has 0 aromatic heterocycles. The fourth-order valence-corrected chi connectivity index (χ4v) is 1.73. The fraction of sp³-hybridized carbons (Fsp3) is 0.364. The van der Waals surface area contributed by atoms with Crippen LogP contribution < -0.4 is 5.32 Å². The molecule has 1 aromatic rings. The number of carbonyl (C=O) groups excluding carboxylic acids is 1. The minimum Gasteiger partial charge on any atom is -0.348 e. The van der Waals surface area contributed by atoms with Crippen LogP contribution in [0.2, 0.25) is 0 Å². The standard InChI is InChI=1S/C11H14BrNO/c1-2-10(8-12)13-11(14)9-6-4-3-5-7-9/h3-7,10H,2,8H2,1H3,(H,13,14). The molecule has 2 nitrogen and oxygen atoms in total. The van der Waals surface area contributed by atoms with Gasteiger partial charge < -0.3 is 5.32 Å². The van der Waals surface area contributed by atoms with Crippen LogP contribution in [-0.4, -0.2) is 17.3 Å². The summed E-state index contributed by atoms with van der Waals surface area (Å²) in [6.07, 6.45) is 0.934. The van der Waals surface area contributed by atoms with Gasteiger partial charge in [-0.3, -0.25) is 4.79 Å². The zero-order valence-electron chi connectivity index (χ0n) is 8.16. The summed E-state index contributed by atoms with van der Waals surface area (Å²) in [4.78, 5) is 11.6. The first-order valence-corrected chi connectivity index (χ1v) is 5.82. The monoisotopic (exact) mass is 255 g/mol. The summed E-state index contributed by atoms with van der Waals surface area (Å²) in [6.45, 7) is 2.05. The fourth-order valence-electron chi connectivity index (χ4n) is 1.11. The van der Waals surface area contributed by atoms with Gasteiger partial charge in [0.15, 0.2) is 0 Å². The van der Waals surface area contributed by atoms with E-state index >= 15 is 0 Å². The number of carbonyl (C=O) groups is 1. The maximum absolute atomic E-state index is 11.6. The predicted molar refractivity (Wildman–Crippen MR) is 61.8 cm³/mol. The first-order chi connectivity index (χ1) is 6.77. The quantitative estimate of drug-likeness (QED) is 0.824. The molecule has 0 aliphatic rings. The maximum atomic E-state index is 11.6. The lowest BCUT2D eigenvalue weighted by atomic mass is 10.2. The van der Waals surface area contributed by atoms with Crippen LogP contribution in [0.5, 0.6) is 0 Å². The van der Waals surface area contributed by atoms with Gasteiger partial charge in [0, 0.05) is 16.9 Å². The van der Waals surface area contributed by atoms with E-state index in [0.717, 1.165) is 11.8 Å². The molecule has 1 aromatic carbocycles. The highest BCUT2D eigenvalue weighted by Gasteiger charge is 2.09. The molecule has 0 aliphatic carbocycles. The Morgan fingerprint density at radius 1 is 1.43 bits per heavy atom. The molecule has 3 heteroatoms. The molecule has 0 radical (unpaired) electrons. The third-order valence-corrected chi connectivity index (χ3v) is 2.83. The highest BCUT2D eigenvalue weighted by Crippen LogP contribution is 2.01. The average Bonchev–Trinajstić information content (AvgIpc) is 2.26. The molecular weight excluding hydrogens is 242 g/mol. The Balaban J connectivity index is 2.59. The summed E-state index contributed by atoms with van der Waals surface area (Å²) in [7, 11) is 0. The molecule has 1 rings (SSSR count). The van der Waals surface area contributed by atoms with E-state index in [2.05, 4.69) is 28.2 Å². The smallest absolute Gasteiger partial charge is 0.251 e. The molecule has 0 bridgehead atoms. The molecule has 1 N–H and O–H groups in total. The molecule has 0 heterocycles. The van der Waals surface area contributed by atoms with E-state index in [-0.39, 0.29) is 11.9 Å². The Labute approximate surface area is 92.8 Å². The van der Waals surface area contributed by atoms with Gasteiger partial charge in [0.2, 0.25) is 0 Å². The largest absolute Gasteiger partial charge is 0.348 e. The molecule has 0 saturated heterocycles. The van der Waals surface area contributed by atoms with Crippen molar-refractivity contribution >= 4 is 21.8 Å². The van der Waals surface area contributed by atoms with Gasteiger partial charge in [0.1, 0.15) is 0 Å². The number of alkyl halides is 1. The second kappa shape index (κ2) is 5.81. The number of amides is 1. The predicted octanol–water partition coefficient (Wildman–Crippen LogP) is 2.59. The topological polar surface area (TPSA) is 29.1 Å². The van der Waals surface area contributed by atoms with Crippen molar-refractivity contribution in [2.75, 3.05) is 5.33 Å². The van der Waals surface area contributed by atoms with E-state index in [0.29, 0.717) is 5.56 Å². The summed E-state index contributed by atoms with van der Waals surface area (Å²) in [5.41, 5.74) is 0.715. The van der Waals surface area contributed by atoms with Crippen molar-refractivity contribution in [1.29, 1.82) is 0 Å². The van der Waals surface area contributed by atoms with Crippen LogP contribution >= 0.6 is 15.9 Å². The van der Waals surface area contributed by atoms with Gasteiger partial charge in [-0.2, -0.15) is 0 Å². The highest BCUT2D eigenvalue weighted by atomic mass is 79.9. The lowest BCUT2D eigenvalue weighted by molar-refractivity contribution is 0.0940. The van der Waals surface area contributed by atoms with Crippen LogP contribution in [0.25, 0.3) is 0 Å². The molecule has 0 aliphatic heterocycles. The zero-order chi connectivity index (χ0) is 10.4. The maximum Gasteiger partial charge on any atom is 0.251 e. The van der Waals surface area contributed by atoms with Crippen LogP contribution in [0.15, 0.2) is 30.3 Å². The Morgan fingerprint density at radius 2 is 2.07 bits per heavy atom. The molecule has 0 spiro atoms. The highest BCUT2D eigenvalue weighted by molar-refractivity contribution is 9.09. The van der Waals surface area contributed by atoms with Crippen LogP contribution in [0.1, 0.15) is 23.7 Å². The van der Waals surface area contributed by atoms with E-state index in [1.54, 1.807) is 0 Å². The molecule has 0 saturated carbocycles. The first kappa shape index (κ1) is 11.2. The van der Waals surface area contributed by atoms with Crippen LogP contribution in [0, 0.1) is 0 Å². The summed E-state index contributed by atoms with van der Waals surface area (Å²) < 4.78 is 0. The number of hydrogen-bond acceptors (Lipinski definition) is 1. The van der Waals surface area contributed by atoms with Gasteiger partial charge in [-0.25, -0.2) is 0 Å². The Hall–Kier alpha value is -0.830. The SMILES string of the molecule is CCC(CBr)NC(=O)c1ccccc1. The molecule has 1 atom stereocenters. The Kier molecular flexibility index (Phi) is 4.66. The van der Waals surface area contributed by atoms with Gasteiger partial charge in [0.05, 0.1) is 0 Å². The minimum atomic E-state index is -0.00287. The molecule has 1 amide bonds. The van der Waals surface area contributed by atoms with Crippen molar-refractivity contribution < 1.29 is 4.79 Å². The number of benzene rings is 1. The average molecular weight is 256 g/mol. The molecule has 1 unspecified atom stereocenters. The third kappa shape index (κ3) is 3.14. The molecular formula is C11H14BrNO. The summed E-state index contributed by atoms with van der Waals surface area (Å²) in [5, 5.41) is 3.74. The van der Waals surface area contributed by atoms with E-state index in [4.69, 9.17) is 0 Å². The summed E-state index contributed by atoms with van der Waals surface area (Å²) >= 11 is 3.36. The van der Waals surface area contributed by atoms with Crippen LogP contribution in [0.3, 0.4) is 0 Å². The summed E-state index contributed by atoms with van der Waals surface area (Å²) in [6, 6.07) is 9.47. The number of hydrogen-bond donors (Lipinski definition) is 1. The lowest BCUT2D eigenvalue weighted by Gasteiger charge is -2.13. The number of halogens is 1.